The molecule has 0 aliphatic heterocycles. The summed E-state index contributed by atoms with van der Waals surface area (Å²) < 4.78 is 39.1. The highest BCUT2D eigenvalue weighted by Gasteiger charge is 2.18. The number of ether oxygens (including phenoxy) is 2. The molecule has 27 heavy (non-hydrogen) atoms. The van der Waals surface area contributed by atoms with E-state index in [1.807, 2.05) is 32.0 Å². The molecule has 0 atom stereocenters. The molecule has 2 aromatic carbocycles. The molecule has 0 aromatic heterocycles. The minimum absolute atomic E-state index is 0.205. The molecule has 6 heteroatoms. The third-order valence-electron chi connectivity index (χ3n) is 4.79. The number of aryl methyl sites for hydroxylation is 2. The molecule has 3 rings (SSSR count). The quantitative estimate of drug-likeness (QED) is 0.694. The summed E-state index contributed by atoms with van der Waals surface area (Å²) >= 11 is 0. The standard InChI is InChI=1S/C21H27NO4S/c1-16-6-5-7-17(2)21(16)25-15-14-22-27(23,24)20-12-10-19(11-13-20)26-18-8-3-4-9-18/h5-7,10-13,18,22H,3-4,8-9,14-15H2,1-2H3. The van der Waals surface area contributed by atoms with E-state index in [-0.39, 0.29) is 24.2 Å². The molecule has 0 bridgehead atoms. The van der Waals surface area contributed by atoms with Gasteiger partial charge in [0.25, 0.3) is 0 Å². The lowest BCUT2D eigenvalue weighted by Crippen LogP contribution is -2.28. The average Bonchev–Trinajstić information content (AvgIpc) is 3.14. The normalized spacial score (nSPS) is 15.0. The predicted octanol–water partition coefficient (Wildman–Crippen LogP) is 3.98. The molecule has 1 N–H and O–H groups in total. The fourth-order valence-electron chi connectivity index (χ4n) is 3.34. The summed E-state index contributed by atoms with van der Waals surface area (Å²) in [5.41, 5.74) is 2.08. The Bertz CT molecular complexity index is 836. The lowest BCUT2D eigenvalue weighted by Gasteiger charge is -2.14. The summed E-state index contributed by atoms with van der Waals surface area (Å²) in [6.45, 7) is 4.42. The van der Waals surface area contributed by atoms with Gasteiger partial charge in [-0.05, 0) is 74.9 Å². The number of sulfonamides is 1. The van der Waals surface area contributed by atoms with Crippen LogP contribution in [0, 0.1) is 13.8 Å². The SMILES string of the molecule is Cc1cccc(C)c1OCCNS(=O)(=O)c1ccc(OC2CCCC2)cc1. The molecule has 0 saturated heterocycles. The van der Waals surface area contributed by atoms with Crippen LogP contribution in [0.5, 0.6) is 11.5 Å². The topological polar surface area (TPSA) is 64.6 Å². The molecule has 2 aromatic rings. The average molecular weight is 390 g/mol. The van der Waals surface area contributed by atoms with Crippen molar-refractivity contribution in [3.8, 4) is 11.5 Å². The van der Waals surface area contributed by atoms with Crippen molar-refractivity contribution >= 4 is 10.0 Å². The van der Waals surface area contributed by atoms with Gasteiger partial charge in [-0.25, -0.2) is 13.1 Å². The number of hydrogen-bond donors (Lipinski definition) is 1. The van der Waals surface area contributed by atoms with Crippen LogP contribution in [-0.4, -0.2) is 27.7 Å². The maximum absolute atomic E-state index is 12.4. The first-order chi connectivity index (χ1) is 13.0. The number of benzene rings is 2. The molecule has 5 nitrogen and oxygen atoms in total. The largest absolute Gasteiger partial charge is 0.492 e. The van der Waals surface area contributed by atoms with E-state index in [1.54, 1.807) is 24.3 Å². The Balaban J connectivity index is 1.52. The summed E-state index contributed by atoms with van der Waals surface area (Å²) in [6, 6.07) is 12.5. The van der Waals surface area contributed by atoms with Gasteiger partial charge in [0.05, 0.1) is 11.0 Å². The minimum Gasteiger partial charge on any atom is -0.492 e. The van der Waals surface area contributed by atoms with E-state index in [1.165, 1.54) is 12.8 Å². The van der Waals surface area contributed by atoms with Crippen LogP contribution in [0.25, 0.3) is 0 Å². The Labute approximate surface area is 161 Å². The molecule has 1 fully saturated rings. The zero-order valence-corrected chi connectivity index (χ0v) is 16.7. The molecule has 0 unspecified atom stereocenters. The summed E-state index contributed by atoms with van der Waals surface area (Å²) in [5.74, 6) is 1.53. The van der Waals surface area contributed by atoms with Crippen molar-refractivity contribution in [3.05, 3.63) is 53.6 Å². The third-order valence-corrected chi connectivity index (χ3v) is 6.27. The first-order valence-corrected chi connectivity index (χ1v) is 10.9. The van der Waals surface area contributed by atoms with E-state index < -0.39 is 10.0 Å². The third kappa shape index (κ3) is 5.23. The Morgan fingerprint density at radius 2 is 1.63 bits per heavy atom. The van der Waals surface area contributed by atoms with Crippen molar-refractivity contribution in [2.45, 2.75) is 50.5 Å². The highest BCUT2D eigenvalue weighted by Crippen LogP contribution is 2.25. The molecule has 146 valence electrons. The lowest BCUT2D eigenvalue weighted by molar-refractivity contribution is 0.210. The second-order valence-electron chi connectivity index (χ2n) is 6.96. The van der Waals surface area contributed by atoms with Gasteiger partial charge in [-0.1, -0.05) is 18.2 Å². The van der Waals surface area contributed by atoms with Crippen molar-refractivity contribution in [2.24, 2.45) is 0 Å². The van der Waals surface area contributed by atoms with Gasteiger partial charge in [0, 0.05) is 6.54 Å². The second kappa shape index (κ2) is 8.76. The van der Waals surface area contributed by atoms with Crippen molar-refractivity contribution in [2.75, 3.05) is 13.2 Å². The molecule has 0 spiro atoms. The van der Waals surface area contributed by atoms with E-state index in [2.05, 4.69) is 4.72 Å². The van der Waals surface area contributed by atoms with E-state index in [0.29, 0.717) is 0 Å². The van der Waals surface area contributed by atoms with Crippen LogP contribution in [0.15, 0.2) is 47.4 Å². The monoisotopic (exact) mass is 389 g/mol. The number of hydrogen-bond acceptors (Lipinski definition) is 4. The van der Waals surface area contributed by atoms with Gasteiger partial charge in [-0.2, -0.15) is 0 Å². The van der Waals surface area contributed by atoms with Crippen LogP contribution in [0.2, 0.25) is 0 Å². The van der Waals surface area contributed by atoms with Crippen molar-refractivity contribution < 1.29 is 17.9 Å². The fraction of sp³-hybridized carbons (Fsp3) is 0.429. The van der Waals surface area contributed by atoms with Crippen LogP contribution in [0.3, 0.4) is 0 Å². The fourth-order valence-corrected chi connectivity index (χ4v) is 4.35. The number of nitrogens with one attached hydrogen (secondary N) is 1. The van der Waals surface area contributed by atoms with Crippen molar-refractivity contribution in [1.82, 2.24) is 4.72 Å². The van der Waals surface area contributed by atoms with Gasteiger partial charge >= 0.3 is 0 Å². The molecular formula is C21H27NO4S. The molecular weight excluding hydrogens is 362 g/mol. The zero-order valence-electron chi connectivity index (χ0n) is 15.9. The first-order valence-electron chi connectivity index (χ1n) is 9.41. The number of para-hydroxylation sites is 1. The van der Waals surface area contributed by atoms with E-state index >= 15 is 0 Å². The predicted molar refractivity (Wildman–Crippen MR) is 106 cm³/mol. The van der Waals surface area contributed by atoms with Gasteiger partial charge < -0.3 is 9.47 Å². The maximum Gasteiger partial charge on any atom is 0.240 e. The first kappa shape index (κ1) is 19.7. The van der Waals surface area contributed by atoms with Gasteiger partial charge in [0.2, 0.25) is 10.0 Å². The highest BCUT2D eigenvalue weighted by molar-refractivity contribution is 7.89. The van der Waals surface area contributed by atoms with Crippen LogP contribution in [-0.2, 0) is 10.0 Å². The van der Waals surface area contributed by atoms with Gasteiger partial charge in [-0.15, -0.1) is 0 Å². The lowest BCUT2D eigenvalue weighted by atomic mass is 10.1. The molecule has 1 saturated carbocycles. The highest BCUT2D eigenvalue weighted by atomic mass is 32.2. The zero-order chi connectivity index (χ0) is 19.3. The summed E-state index contributed by atoms with van der Waals surface area (Å²) in [7, 11) is -3.56. The molecule has 0 heterocycles. The van der Waals surface area contributed by atoms with Crippen LogP contribution in [0.4, 0.5) is 0 Å². The van der Waals surface area contributed by atoms with Gasteiger partial charge in [-0.3, -0.25) is 0 Å². The summed E-state index contributed by atoms with van der Waals surface area (Å²) in [4.78, 5) is 0.230. The minimum atomic E-state index is -3.56. The summed E-state index contributed by atoms with van der Waals surface area (Å²) in [6.07, 6.45) is 4.80. The van der Waals surface area contributed by atoms with E-state index in [0.717, 1.165) is 35.5 Å². The van der Waals surface area contributed by atoms with Gasteiger partial charge in [0.15, 0.2) is 0 Å². The van der Waals surface area contributed by atoms with Gasteiger partial charge in [0.1, 0.15) is 18.1 Å². The molecule has 1 aliphatic rings. The Hall–Kier alpha value is -2.05. The Kier molecular flexibility index (Phi) is 6.39. The molecule has 0 amide bonds. The molecule has 1 aliphatic carbocycles. The second-order valence-corrected chi connectivity index (χ2v) is 8.73. The van der Waals surface area contributed by atoms with Crippen LogP contribution < -0.4 is 14.2 Å². The smallest absolute Gasteiger partial charge is 0.240 e. The van der Waals surface area contributed by atoms with Crippen LogP contribution >= 0.6 is 0 Å². The van der Waals surface area contributed by atoms with E-state index in [9.17, 15) is 8.42 Å². The molecule has 0 radical (unpaired) electrons. The Morgan fingerprint density at radius 1 is 1.00 bits per heavy atom. The number of rotatable bonds is 8. The van der Waals surface area contributed by atoms with E-state index in [4.69, 9.17) is 9.47 Å². The Morgan fingerprint density at radius 3 is 2.26 bits per heavy atom. The van der Waals surface area contributed by atoms with Crippen molar-refractivity contribution in [3.63, 3.8) is 0 Å². The van der Waals surface area contributed by atoms with Crippen molar-refractivity contribution in [1.29, 1.82) is 0 Å². The maximum atomic E-state index is 12.4. The van der Waals surface area contributed by atoms with Crippen LogP contribution in [0.1, 0.15) is 36.8 Å². The summed E-state index contributed by atoms with van der Waals surface area (Å²) in [5, 5.41) is 0.